The van der Waals surface area contributed by atoms with Gasteiger partial charge in [-0.05, 0) is 43.5 Å². The summed E-state index contributed by atoms with van der Waals surface area (Å²) in [7, 11) is 0. The quantitative estimate of drug-likeness (QED) is 0.806. The second-order valence-electron chi connectivity index (χ2n) is 5.33. The normalized spacial score (nSPS) is 16.7. The van der Waals surface area contributed by atoms with Crippen LogP contribution in [0.15, 0.2) is 30.5 Å². The Morgan fingerprint density at radius 2 is 2.22 bits per heavy atom. The fraction of sp³-hybridized carbons (Fsp3) is 0.400. The minimum absolute atomic E-state index is 0.504. The molecule has 0 bridgehead atoms. The number of hydrogen-bond donors (Lipinski definition) is 2. The van der Waals surface area contributed by atoms with E-state index in [1.807, 2.05) is 12.1 Å². The van der Waals surface area contributed by atoms with Gasteiger partial charge in [-0.15, -0.1) is 0 Å². The number of nitrogens with two attached hydrogens (primary N) is 1. The molecule has 3 N–H and O–H groups in total. The van der Waals surface area contributed by atoms with Crippen LogP contribution in [0.4, 0.5) is 11.4 Å². The number of fused-ring (bicyclic) bond motifs is 1. The van der Waals surface area contributed by atoms with Crippen molar-refractivity contribution in [3.63, 3.8) is 0 Å². The van der Waals surface area contributed by atoms with Gasteiger partial charge in [-0.2, -0.15) is 0 Å². The summed E-state index contributed by atoms with van der Waals surface area (Å²) in [6, 6.07) is 8.53. The van der Waals surface area contributed by atoms with Gasteiger partial charge in [0.15, 0.2) is 0 Å². The Hall–Kier alpha value is -1.77. The summed E-state index contributed by atoms with van der Waals surface area (Å²) in [5.74, 6) is 0.936. The number of nitrogens with one attached hydrogen (secondary N) is 1. The topological polar surface area (TPSA) is 50.9 Å². The van der Waals surface area contributed by atoms with Crippen molar-refractivity contribution in [2.75, 3.05) is 11.1 Å². The Morgan fingerprint density at radius 3 is 3.00 bits per heavy atom. The van der Waals surface area contributed by atoms with Crippen molar-refractivity contribution in [3.8, 4) is 0 Å². The largest absolute Gasteiger partial charge is 0.397 e. The highest BCUT2D eigenvalue weighted by Crippen LogP contribution is 2.35. The maximum Gasteiger partial charge on any atom is 0.0951 e. The van der Waals surface area contributed by atoms with E-state index in [1.165, 1.54) is 19.3 Å². The lowest BCUT2D eigenvalue weighted by atomic mass is 10.1. The highest BCUT2D eigenvalue weighted by atomic mass is 14.9. The molecule has 0 aliphatic heterocycles. The number of hydrogen-bond acceptors (Lipinski definition) is 3. The molecule has 3 heteroatoms. The molecular formula is C15H19N3. The van der Waals surface area contributed by atoms with Gasteiger partial charge < -0.3 is 11.1 Å². The number of pyridine rings is 1. The summed E-state index contributed by atoms with van der Waals surface area (Å²) in [5.41, 5.74) is 8.73. The first-order valence-corrected chi connectivity index (χ1v) is 6.64. The lowest BCUT2D eigenvalue weighted by Crippen LogP contribution is -2.16. The molecule has 18 heavy (non-hydrogen) atoms. The second-order valence-corrected chi connectivity index (χ2v) is 5.33. The van der Waals surface area contributed by atoms with E-state index in [2.05, 4.69) is 29.4 Å². The third-order valence-corrected chi connectivity index (χ3v) is 3.59. The molecular weight excluding hydrogens is 222 g/mol. The van der Waals surface area contributed by atoms with E-state index in [1.54, 1.807) is 6.20 Å². The Morgan fingerprint density at radius 1 is 1.39 bits per heavy atom. The maximum atomic E-state index is 5.96. The van der Waals surface area contributed by atoms with E-state index in [4.69, 9.17) is 5.73 Å². The highest BCUT2D eigenvalue weighted by molar-refractivity contribution is 5.98. The zero-order valence-electron chi connectivity index (χ0n) is 10.7. The lowest BCUT2D eigenvalue weighted by Gasteiger charge is -2.17. The molecule has 1 atom stereocenters. The van der Waals surface area contributed by atoms with Gasteiger partial charge in [0.2, 0.25) is 0 Å². The summed E-state index contributed by atoms with van der Waals surface area (Å²) in [5, 5.41) is 4.70. The molecule has 2 aromatic rings. The Labute approximate surface area is 107 Å². The molecule has 3 nitrogen and oxygen atoms in total. The molecule has 1 heterocycles. The van der Waals surface area contributed by atoms with Crippen molar-refractivity contribution in [1.82, 2.24) is 4.98 Å². The van der Waals surface area contributed by atoms with Crippen LogP contribution >= 0.6 is 0 Å². The van der Waals surface area contributed by atoms with E-state index < -0.39 is 0 Å². The van der Waals surface area contributed by atoms with Crippen LogP contribution in [-0.4, -0.2) is 11.0 Å². The van der Waals surface area contributed by atoms with Crippen LogP contribution in [0.1, 0.15) is 26.2 Å². The van der Waals surface area contributed by atoms with Crippen LogP contribution in [0, 0.1) is 5.92 Å². The van der Waals surface area contributed by atoms with E-state index >= 15 is 0 Å². The Balaban J connectivity index is 1.88. The predicted molar refractivity (Wildman–Crippen MR) is 76.6 cm³/mol. The number of benzene rings is 1. The minimum atomic E-state index is 0.504. The molecule has 0 amide bonds. The SMILES string of the molecule is CC(CC1CC1)Nc1ccc(N)c2ncccc12. The molecule has 1 aromatic heterocycles. The summed E-state index contributed by atoms with van der Waals surface area (Å²) in [4.78, 5) is 4.36. The fourth-order valence-electron chi connectivity index (χ4n) is 2.50. The Kier molecular flexibility index (Phi) is 2.82. The summed E-state index contributed by atoms with van der Waals surface area (Å²) >= 11 is 0. The predicted octanol–water partition coefficient (Wildman–Crippen LogP) is 3.42. The van der Waals surface area contributed by atoms with Gasteiger partial charge in [0.25, 0.3) is 0 Å². The third-order valence-electron chi connectivity index (χ3n) is 3.59. The first-order chi connectivity index (χ1) is 8.74. The number of nitrogen functional groups attached to an aromatic ring is 1. The molecule has 1 saturated carbocycles. The molecule has 0 spiro atoms. The van der Waals surface area contributed by atoms with Crippen LogP contribution in [0.3, 0.4) is 0 Å². The molecule has 1 unspecified atom stereocenters. The highest BCUT2D eigenvalue weighted by Gasteiger charge is 2.23. The van der Waals surface area contributed by atoms with Crippen LogP contribution in [0.2, 0.25) is 0 Å². The monoisotopic (exact) mass is 241 g/mol. The van der Waals surface area contributed by atoms with Gasteiger partial charge in [0.05, 0.1) is 11.2 Å². The van der Waals surface area contributed by atoms with Crippen LogP contribution in [-0.2, 0) is 0 Å². The lowest BCUT2D eigenvalue weighted by molar-refractivity contribution is 0.643. The van der Waals surface area contributed by atoms with Gasteiger partial charge in [-0.25, -0.2) is 0 Å². The van der Waals surface area contributed by atoms with E-state index in [0.29, 0.717) is 6.04 Å². The van der Waals surface area contributed by atoms with Crippen molar-refractivity contribution < 1.29 is 0 Å². The average Bonchev–Trinajstić information content (AvgIpc) is 3.17. The first-order valence-electron chi connectivity index (χ1n) is 6.64. The Bertz CT molecular complexity index is 561. The molecule has 94 valence electrons. The summed E-state index contributed by atoms with van der Waals surface area (Å²) < 4.78 is 0. The van der Waals surface area contributed by atoms with Crippen LogP contribution in [0.25, 0.3) is 10.9 Å². The van der Waals surface area contributed by atoms with Crippen LogP contribution < -0.4 is 11.1 Å². The number of rotatable bonds is 4. The summed E-state index contributed by atoms with van der Waals surface area (Å²) in [6.45, 7) is 2.25. The zero-order valence-corrected chi connectivity index (χ0v) is 10.7. The fourth-order valence-corrected chi connectivity index (χ4v) is 2.50. The van der Waals surface area contributed by atoms with Crippen molar-refractivity contribution in [2.45, 2.75) is 32.2 Å². The van der Waals surface area contributed by atoms with Crippen molar-refractivity contribution >= 4 is 22.3 Å². The molecule has 0 saturated heterocycles. The van der Waals surface area contributed by atoms with Crippen molar-refractivity contribution in [1.29, 1.82) is 0 Å². The maximum absolute atomic E-state index is 5.96. The number of anilines is 2. The molecule has 0 radical (unpaired) electrons. The summed E-state index contributed by atoms with van der Waals surface area (Å²) in [6.07, 6.45) is 5.84. The molecule has 1 aromatic carbocycles. The first kappa shape index (κ1) is 11.3. The molecule has 3 rings (SSSR count). The van der Waals surface area contributed by atoms with Crippen molar-refractivity contribution in [2.24, 2.45) is 5.92 Å². The minimum Gasteiger partial charge on any atom is -0.397 e. The standard InChI is InChI=1S/C15H19N3/c1-10(9-11-4-5-11)18-14-7-6-13(16)15-12(14)3-2-8-17-15/h2-3,6-8,10-11,18H,4-5,9,16H2,1H3. The smallest absolute Gasteiger partial charge is 0.0951 e. The van der Waals surface area contributed by atoms with Gasteiger partial charge in [0, 0.05) is 23.3 Å². The van der Waals surface area contributed by atoms with Crippen LogP contribution in [0.5, 0.6) is 0 Å². The third kappa shape index (κ3) is 2.26. The van der Waals surface area contributed by atoms with Gasteiger partial charge >= 0.3 is 0 Å². The van der Waals surface area contributed by atoms with Gasteiger partial charge in [0.1, 0.15) is 0 Å². The van der Waals surface area contributed by atoms with E-state index in [-0.39, 0.29) is 0 Å². The molecule has 1 aliphatic carbocycles. The average molecular weight is 241 g/mol. The van der Waals surface area contributed by atoms with Gasteiger partial charge in [-0.3, -0.25) is 4.98 Å². The number of nitrogens with zero attached hydrogens (tertiary/aromatic N) is 1. The molecule has 1 aliphatic rings. The zero-order chi connectivity index (χ0) is 12.5. The van der Waals surface area contributed by atoms with Gasteiger partial charge in [-0.1, -0.05) is 12.8 Å². The second kappa shape index (κ2) is 4.48. The molecule has 1 fully saturated rings. The van der Waals surface area contributed by atoms with E-state index in [0.717, 1.165) is 28.2 Å². The number of aromatic nitrogens is 1. The van der Waals surface area contributed by atoms with Crippen molar-refractivity contribution in [3.05, 3.63) is 30.5 Å². The van der Waals surface area contributed by atoms with E-state index in [9.17, 15) is 0 Å².